The molecule has 118 valence electrons. The minimum atomic E-state index is -0.915. The number of nitrogens with zero attached hydrogens (tertiary/aromatic N) is 3. The molecule has 1 aromatic heterocycles. The molecule has 1 aromatic carbocycles. The molecule has 1 N–H and O–H groups in total. The summed E-state index contributed by atoms with van der Waals surface area (Å²) in [7, 11) is 0. The molecule has 1 heterocycles. The first-order valence-electron chi connectivity index (χ1n) is 7.02. The first-order chi connectivity index (χ1) is 10.8. The van der Waals surface area contributed by atoms with Gasteiger partial charge in [-0.15, -0.1) is 0 Å². The van der Waals surface area contributed by atoms with Crippen molar-refractivity contribution in [3.05, 3.63) is 52.6 Å². The van der Waals surface area contributed by atoms with E-state index in [4.69, 9.17) is 10.4 Å². The molecule has 0 saturated heterocycles. The molecule has 2 aromatic rings. The second-order valence-corrected chi connectivity index (χ2v) is 5.26. The van der Waals surface area contributed by atoms with Gasteiger partial charge in [0.25, 0.3) is 0 Å². The van der Waals surface area contributed by atoms with E-state index in [-0.39, 0.29) is 11.3 Å². The highest BCUT2D eigenvalue weighted by Crippen LogP contribution is 2.22. The Morgan fingerprint density at radius 1 is 1.48 bits per heavy atom. The van der Waals surface area contributed by atoms with E-state index >= 15 is 0 Å². The third kappa shape index (κ3) is 3.29. The molecule has 2 rings (SSSR count). The fraction of sp³-hybridized carbons (Fsp3) is 0.235. The molecule has 0 aliphatic carbocycles. The van der Waals surface area contributed by atoms with Crippen LogP contribution in [0.2, 0.25) is 0 Å². The second-order valence-electron chi connectivity index (χ2n) is 5.26. The van der Waals surface area contributed by atoms with Crippen LogP contribution in [-0.2, 0) is 4.79 Å². The van der Waals surface area contributed by atoms with Gasteiger partial charge < -0.3 is 5.11 Å². The normalized spacial score (nSPS) is 12.3. The third-order valence-electron chi connectivity index (χ3n) is 3.59. The number of benzene rings is 1. The predicted octanol–water partition coefficient (Wildman–Crippen LogP) is 3.23. The summed E-state index contributed by atoms with van der Waals surface area (Å²) in [6.07, 6.45) is 3.26. The van der Waals surface area contributed by atoms with Crippen molar-refractivity contribution >= 4 is 12.0 Å². The number of carboxylic acids is 1. The summed E-state index contributed by atoms with van der Waals surface area (Å²) in [6.45, 7) is 5.13. The van der Waals surface area contributed by atoms with Gasteiger partial charge in [0.15, 0.2) is 0 Å². The SMILES string of the molecule is Cc1nn(-c2ccc(C#N)cc2F)c(C)c1C=CC(C)C(=O)O. The van der Waals surface area contributed by atoms with E-state index in [9.17, 15) is 9.18 Å². The Bertz CT molecular complexity index is 831. The molecule has 0 aliphatic heterocycles. The summed E-state index contributed by atoms with van der Waals surface area (Å²) in [4.78, 5) is 10.9. The highest BCUT2D eigenvalue weighted by molar-refractivity contribution is 5.73. The fourth-order valence-electron chi connectivity index (χ4n) is 2.20. The number of carboxylic acid groups (broad SMARTS) is 1. The van der Waals surface area contributed by atoms with Gasteiger partial charge in [-0.25, -0.2) is 9.07 Å². The van der Waals surface area contributed by atoms with E-state index in [0.29, 0.717) is 11.4 Å². The average Bonchev–Trinajstić information content (AvgIpc) is 2.79. The Labute approximate surface area is 133 Å². The number of aryl methyl sites for hydroxylation is 1. The number of nitriles is 1. The molecule has 0 amide bonds. The van der Waals surface area contributed by atoms with Crippen LogP contribution in [0.1, 0.15) is 29.4 Å². The van der Waals surface area contributed by atoms with Crippen molar-refractivity contribution in [2.24, 2.45) is 5.92 Å². The molecule has 0 bridgehead atoms. The molecule has 0 aliphatic rings. The molecule has 1 atom stereocenters. The van der Waals surface area contributed by atoms with Gasteiger partial charge in [-0.3, -0.25) is 4.79 Å². The minimum Gasteiger partial charge on any atom is -0.481 e. The van der Waals surface area contributed by atoms with Crippen LogP contribution in [0.4, 0.5) is 4.39 Å². The van der Waals surface area contributed by atoms with Gasteiger partial charge in [0, 0.05) is 11.3 Å². The first-order valence-corrected chi connectivity index (χ1v) is 7.02. The summed E-state index contributed by atoms with van der Waals surface area (Å²) in [5, 5.41) is 22.0. The van der Waals surface area contributed by atoms with Crippen LogP contribution >= 0.6 is 0 Å². The van der Waals surface area contributed by atoms with Crippen molar-refractivity contribution < 1.29 is 14.3 Å². The number of hydrogen-bond donors (Lipinski definition) is 1. The summed E-state index contributed by atoms with van der Waals surface area (Å²) in [6, 6.07) is 6.07. The molecule has 0 radical (unpaired) electrons. The molecule has 5 nitrogen and oxygen atoms in total. The highest BCUT2D eigenvalue weighted by Gasteiger charge is 2.15. The van der Waals surface area contributed by atoms with Crippen LogP contribution in [0, 0.1) is 36.9 Å². The number of aromatic nitrogens is 2. The van der Waals surface area contributed by atoms with Crippen LogP contribution in [0.25, 0.3) is 11.8 Å². The molecule has 0 fully saturated rings. The van der Waals surface area contributed by atoms with Gasteiger partial charge in [-0.1, -0.05) is 12.2 Å². The number of aliphatic carboxylic acids is 1. The van der Waals surface area contributed by atoms with E-state index < -0.39 is 17.7 Å². The first kappa shape index (κ1) is 16.4. The standard InChI is InChI=1S/C17H16FN3O2/c1-10(17(22)23)4-6-14-11(2)20-21(12(14)3)16-7-5-13(9-19)8-15(16)18/h4-8,10H,1-3H3,(H,22,23). The Balaban J connectivity index is 2.46. The van der Waals surface area contributed by atoms with Crippen LogP contribution in [0.3, 0.4) is 0 Å². The zero-order valence-electron chi connectivity index (χ0n) is 13.0. The smallest absolute Gasteiger partial charge is 0.310 e. The van der Waals surface area contributed by atoms with E-state index in [1.807, 2.05) is 6.07 Å². The van der Waals surface area contributed by atoms with Gasteiger partial charge in [0.2, 0.25) is 0 Å². The molecule has 6 heteroatoms. The molecule has 1 unspecified atom stereocenters. The summed E-state index contributed by atoms with van der Waals surface area (Å²) < 4.78 is 15.6. The highest BCUT2D eigenvalue weighted by atomic mass is 19.1. The lowest BCUT2D eigenvalue weighted by Crippen LogP contribution is -2.05. The maximum atomic E-state index is 14.2. The van der Waals surface area contributed by atoms with E-state index in [2.05, 4.69) is 5.10 Å². The summed E-state index contributed by atoms with van der Waals surface area (Å²) >= 11 is 0. The van der Waals surface area contributed by atoms with E-state index in [1.54, 1.807) is 32.9 Å². The van der Waals surface area contributed by atoms with Crippen molar-refractivity contribution in [2.45, 2.75) is 20.8 Å². The quantitative estimate of drug-likeness (QED) is 0.940. The summed E-state index contributed by atoms with van der Waals surface area (Å²) in [5.41, 5.74) is 2.60. The van der Waals surface area contributed by atoms with E-state index in [0.717, 1.165) is 11.6 Å². The van der Waals surface area contributed by atoms with Gasteiger partial charge in [-0.2, -0.15) is 10.4 Å². The van der Waals surface area contributed by atoms with Crippen LogP contribution < -0.4 is 0 Å². The van der Waals surface area contributed by atoms with Gasteiger partial charge >= 0.3 is 5.97 Å². The number of hydrogen-bond acceptors (Lipinski definition) is 3. The lowest BCUT2D eigenvalue weighted by atomic mass is 10.1. The van der Waals surface area contributed by atoms with Crippen LogP contribution in [0.15, 0.2) is 24.3 Å². The largest absolute Gasteiger partial charge is 0.481 e. The topological polar surface area (TPSA) is 78.9 Å². The zero-order chi connectivity index (χ0) is 17.1. The van der Waals surface area contributed by atoms with Gasteiger partial charge in [-0.05, 0) is 39.0 Å². The Kier molecular flexibility index (Phi) is 4.60. The number of halogens is 1. The molecule has 23 heavy (non-hydrogen) atoms. The maximum absolute atomic E-state index is 14.2. The number of carbonyl (C=O) groups is 1. The Hall–Kier alpha value is -2.94. The van der Waals surface area contributed by atoms with Crippen molar-refractivity contribution in [3.63, 3.8) is 0 Å². The van der Waals surface area contributed by atoms with Crippen molar-refractivity contribution in [3.8, 4) is 11.8 Å². The van der Waals surface area contributed by atoms with Crippen LogP contribution in [-0.4, -0.2) is 20.9 Å². The zero-order valence-corrected chi connectivity index (χ0v) is 13.0. The molecular formula is C17H16FN3O2. The summed E-state index contributed by atoms with van der Waals surface area (Å²) in [5.74, 6) is -2.07. The molecule has 0 spiro atoms. The van der Waals surface area contributed by atoms with Crippen molar-refractivity contribution in [1.29, 1.82) is 5.26 Å². The lowest BCUT2D eigenvalue weighted by molar-refractivity contribution is -0.139. The fourth-order valence-corrected chi connectivity index (χ4v) is 2.20. The van der Waals surface area contributed by atoms with Gasteiger partial charge in [0.05, 0.1) is 23.2 Å². The Morgan fingerprint density at radius 3 is 2.74 bits per heavy atom. The van der Waals surface area contributed by atoms with Crippen LogP contribution in [0.5, 0.6) is 0 Å². The monoisotopic (exact) mass is 313 g/mol. The molecular weight excluding hydrogens is 297 g/mol. The number of rotatable bonds is 4. The van der Waals surface area contributed by atoms with Crippen molar-refractivity contribution in [2.75, 3.05) is 0 Å². The van der Waals surface area contributed by atoms with E-state index in [1.165, 1.54) is 16.8 Å². The second kappa shape index (κ2) is 6.44. The third-order valence-corrected chi connectivity index (χ3v) is 3.59. The molecule has 0 saturated carbocycles. The average molecular weight is 313 g/mol. The maximum Gasteiger partial charge on any atom is 0.310 e. The lowest BCUT2D eigenvalue weighted by Gasteiger charge is -2.06. The van der Waals surface area contributed by atoms with Gasteiger partial charge in [0.1, 0.15) is 11.5 Å². The Morgan fingerprint density at radius 2 is 2.17 bits per heavy atom. The van der Waals surface area contributed by atoms with Crippen molar-refractivity contribution in [1.82, 2.24) is 9.78 Å². The predicted molar refractivity (Wildman–Crippen MR) is 83.5 cm³/mol. The minimum absolute atomic E-state index is 0.239.